The third-order valence-corrected chi connectivity index (χ3v) is 9.44. The number of carbonyl (C=O) groups is 4. The summed E-state index contributed by atoms with van der Waals surface area (Å²) in [6.07, 6.45) is -0.844. The largest absolute Gasteiger partial charge is 0.480 e. The van der Waals surface area contributed by atoms with Crippen molar-refractivity contribution in [1.29, 1.82) is 0 Å². The zero-order valence-electron chi connectivity index (χ0n) is 19.7. The molecular formula is C24H28O12. The van der Waals surface area contributed by atoms with Crippen molar-refractivity contribution in [2.75, 3.05) is 6.61 Å². The normalized spacial score (nSPS) is 51.7. The van der Waals surface area contributed by atoms with Crippen LogP contribution in [0.5, 0.6) is 0 Å². The molecule has 0 aromatic rings. The molecule has 11 atom stereocenters. The first-order chi connectivity index (χ1) is 17.1. The zero-order valence-corrected chi connectivity index (χ0v) is 19.7. The fourth-order valence-corrected chi connectivity index (χ4v) is 8.26. The molecule has 0 amide bonds. The number of carboxylic acids is 1. The van der Waals surface area contributed by atoms with Crippen molar-refractivity contribution in [3.8, 4) is 0 Å². The van der Waals surface area contributed by atoms with Crippen LogP contribution in [0.25, 0.3) is 0 Å². The fraction of sp³-hybridized carbons (Fsp3) is 0.750. The number of hydrogen-bond acceptors (Lipinski definition) is 11. The molecule has 0 aromatic carbocycles. The number of ether oxygens (including phenoxy) is 5. The van der Waals surface area contributed by atoms with Crippen LogP contribution in [-0.2, 0) is 42.9 Å². The van der Waals surface area contributed by atoms with Gasteiger partial charge < -0.3 is 39.0 Å². The standard InChI is InChI=1S/C24H28O12/c1-3-4-5-6-7-11-8-12-22-14(27)15-23(31,10(2)17(28)34-15)24(22,19(30)33-12)36-20-21(11,22)16(18(29)35-20)32-9-13(25)26/h6-7,10-12,14-16,20,27,31H,3-5,8-9H2,1-2H3,(H,25,26)/b7-6+/t10?,11-,12?,14+,15+,16+,20+,21?,22+,23-,24-/m1/s1. The molecule has 12 heteroatoms. The molecule has 3 unspecified atom stereocenters. The van der Waals surface area contributed by atoms with Gasteiger partial charge in [0, 0.05) is 0 Å². The number of rotatable bonds is 7. The predicted molar refractivity (Wildman–Crippen MR) is 113 cm³/mol. The number of carbonyl (C=O) groups excluding carboxylic acids is 3. The zero-order chi connectivity index (χ0) is 25.8. The lowest BCUT2D eigenvalue weighted by atomic mass is 9.53. The van der Waals surface area contributed by atoms with Crippen LogP contribution in [0.2, 0.25) is 0 Å². The van der Waals surface area contributed by atoms with Crippen LogP contribution in [0.3, 0.4) is 0 Å². The number of aliphatic hydroxyl groups excluding tert-OH is 1. The maximum atomic E-state index is 13.6. The third-order valence-electron chi connectivity index (χ3n) is 9.44. The third kappa shape index (κ3) is 2.15. The van der Waals surface area contributed by atoms with Gasteiger partial charge in [0.05, 0.1) is 16.7 Å². The highest BCUT2D eigenvalue weighted by molar-refractivity contribution is 5.94. The van der Waals surface area contributed by atoms with E-state index in [0.29, 0.717) is 0 Å². The van der Waals surface area contributed by atoms with Gasteiger partial charge in [-0.2, -0.15) is 0 Å². The van der Waals surface area contributed by atoms with E-state index in [9.17, 15) is 34.5 Å². The first kappa shape index (κ1) is 23.8. The average Bonchev–Trinajstić information content (AvgIpc) is 3.53. The molecule has 2 aliphatic carbocycles. The minimum absolute atomic E-state index is 0.141. The number of fused-ring (bicyclic) bond motifs is 1. The molecule has 2 saturated carbocycles. The molecule has 6 rings (SSSR count). The summed E-state index contributed by atoms with van der Waals surface area (Å²) in [5.41, 5.74) is -8.07. The highest BCUT2D eigenvalue weighted by atomic mass is 16.8. The van der Waals surface area contributed by atoms with Gasteiger partial charge in [0.2, 0.25) is 11.9 Å². The quantitative estimate of drug-likeness (QED) is 0.173. The molecule has 6 fully saturated rings. The minimum Gasteiger partial charge on any atom is -0.480 e. The van der Waals surface area contributed by atoms with Gasteiger partial charge in [-0.3, -0.25) is 4.79 Å². The first-order valence-corrected chi connectivity index (χ1v) is 12.3. The number of aliphatic carboxylic acids is 1. The van der Waals surface area contributed by atoms with E-state index >= 15 is 0 Å². The van der Waals surface area contributed by atoms with Gasteiger partial charge >= 0.3 is 23.9 Å². The fourth-order valence-electron chi connectivity index (χ4n) is 8.26. The van der Waals surface area contributed by atoms with E-state index < -0.39 is 95.1 Å². The molecule has 0 aromatic heterocycles. The monoisotopic (exact) mass is 508 g/mol. The summed E-state index contributed by atoms with van der Waals surface area (Å²) in [5.74, 6) is -5.94. The smallest absolute Gasteiger partial charge is 0.343 e. The van der Waals surface area contributed by atoms with E-state index in [1.165, 1.54) is 6.92 Å². The number of hydrogen-bond donors (Lipinski definition) is 3. The topological polar surface area (TPSA) is 175 Å². The number of unbranched alkanes of at least 4 members (excludes halogenated alkanes) is 2. The molecule has 4 saturated heterocycles. The van der Waals surface area contributed by atoms with E-state index in [2.05, 4.69) is 0 Å². The second-order valence-corrected chi connectivity index (χ2v) is 10.6. The second-order valence-electron chi connectivity index (χ2n) is 10.6. The van der Waals surface area contributed by atoms with Gasteiger partial charge in [-0.05, 0) is 25.7 Å². The molecule has 3 N–H and O–H groups in total. The van der Waals surface area contributed by atoms with Gasteiger partial charge in [0.15, 0.2) is 17.8 Å². The van der Waals surface area contributed by atoms with Crippen molar-refractivity contribution in [3.63, 3.8) is 0 Å². The van der Waals surface area contributed by atoms with Crippen LogP contribution >= 0.6 is 0 Å². The second kappa shape index (κ2) is 7.27. The summed E-state index contributed by atoms with van der Waals surface area (Å²) in [6.45, 7) is 2.56. The van der Waals surface area contributed by atoms with Crippen molar-refractivity contribution in [3.05, 3.63) is 12.2 Å². The Morgan fingerprint density at radius 1 is 1.19 bits per heavy atom. The minimum atomic E-state index is -2.32. The number of allylic oxidation sites excluding steroid dienone is 2. The number of carboxylic acid groups (broad SMARTS) is 1. The molecule has 196 valence electrons. The van der Waals surface area contributed by atoms with Gasteiger partial charge in [0.1, 0.15) is 18.8 Å². The first-order valence-electron chi connectivity index (χ1n) is 12.3. The molecule has 2 spiro atoms. The molecule has 0 bridgehead atoms. The molecule has 0 radical (unpaired) electrons. The van der Waals surface area contributed by atoms with Gasteiger partial charge in [-0.15, -0.1) is 0 Å². The van der Waals surface area contributed by atoms with Crippen molar-refractivity contribution in [2.24, 2.45) is 22.7 Å². The van der Waals surface area contributed by atoms with E-state index in [-0.39, 0.29) is 6.42 Å². The Morgan fingerprint density at radius 3 is 2.64 bits per heavy atom. The molecule has 4 aliphatic heterocycles. The maximum absolute atomic E-state index is 13.6. The van der Waals surface area contributed by atoms with Crippen LogP contribution in [0.15, 0.2) is 12.2 Å². The van der Waals surface area contributed by atoms with E-state index in [0.717, 1.165) is 19.3 Å². The van der Waals surface area contributed by atoms with Crippen molar-refractivity contribution in [1.82, 2.24) is 0 Å². The SMILES string of the molecule is CCCC/C=C/[C@@H]1CC2OC(=O)[C@@]34O[C@@H]5OC(=O)[C@H](OCC(=O)O)C51[C@@]23[C@@H](O)[C@@H]1OC(=O)C(C)[C@@]14O. The van der Waals surface area contributed by atoms with E-state index in [1.807, 2.05) is 19.1 Å². The molecule has 12 nitrogen and oxygen atoms in total. The van der Waals surface area contributed by atoms with Crippen LogP contribution in [0.4, 0.5) is 0 Å². The Labute approximate surface area is 205 Å². The summed E-state index contributed by atoms with van der Waals surface area (Å²) in [4.78, 5) is 50.6. The Balaban J connectivity index is 1.59. The summed E-state index contributed by atoms with van der Waals surface area (Å²) in [6, 6.07) is 0. The maximum Gasteiger partial charge on any atom is 0.343 e. The van der Waals surface area contributed by atoms with Crippen molar-refractivity contribution >= 4 is 23.9 Å². The number of esters is 3. The Bertz CT molecular complexity index is 1090. The van der Waals surface area contributed by atoms with Gasteiger partial charge in [0.25, 0.3) is 0 Å². The lowest BCUT2D eigenvalue weighted by molar-refractivity contribution is -0.238. The molecule has 4 heterocycles. The molecule has 6 aliphatic rings. The Kier molecular flexibility index (Phi) is 4.82. The Morgan fingerprint density at radius 2 is 1.94 bits per heavy atom. The number of aliphatic hydroxyl groups is 2. The van der Waals surface area contributed by atoms with Gasteiger partial charge in [-0.1, -0.05) is 31.9 Å². The molecule has 36 heavy (non-hydrogen) atoms. The van der Waals surface area contributed by atoms with Crippen molar-refractivity contribution in [2.45, 2.75) is 81.4 Å². The van der Waals surface area contributed by atoms with Crippen molar-refractivity contribution < 1.29 is 58.2 Å². The van der Waals surface area contributed by atoms with Crippen LogP contribution in [0.1, 0.15) is 39.5 Å². The lowest BCUT2D eigenvalue weighted by Gasteiger charge is -2.45. The molecular weight excluding hydrogens is 480 g/mol. The predicted octanol–water partition coefficient (Wildman–Crippen LogP) is -0.560. The van der Waals surface area contributed by atoms with E-state index in [4.69, 9.17) is 23.7 Å². The van der Waals surface area contributed by atoms with Crippen LogP contribution < -0.4 is 0 Å². The average molecular weight is 508 g/mol. The highest BCUT2D eigenvalue weighted by Gasteiger charge is 3.03. The lowest BCUT2D eigenvalue weighted by Crippen LogP contribution is -2.67. The summed E-state index contributed by atoms with van der Waals surface area (Å²) in [5, 5.41) is 33.2. The van der Waals surface area contributed by atoms with Crippen LogP contribution in [0, 0.1) is 22.7 Å². The van der Waals surface area contributed by atoms with Gasteiger partial charge in [-0.25, -0.2) is 14.4 Å². The summed E-state index contributed by atoms with van der Waals surface area (Å²) >= 11 is 0. The van der Waals surface area contributed by atoms with Crippen LogP contribution in [-0.4, -0.2) is 87.7 Å². The Hall–Kier alpha value is -2.54. The van der Waals surface area contributed by atoms with E-state index in [1.54, 1.807) is 0 Å². The summed E-state index contributed by atoms with van der Waals surface area (Å²) in [7, 11) is 0. The summed E-state index contributed by atoms with van der Waals surface area (Å²) < 4.78 is 28.5. The highest BCUT2D eigenvalue weighted by Crippen LogP contribution is 2.83.